The lowest BCUT2D eigenvalue weighted by Crippen LogP contribution is -2.39. The topological polar surface area (TPSA) is 174 Å². The summed E-state index contributed by atoms with van der Waals surface area (Å²) in [5, 5.41) is 7.40. The standard InChI is InChI=1S/C8H16N4O2.2H2O/c1-7(2,5(9)13)11-12-8(3,4)6(10)14;;/h1-4H3,(H2,9,13)(H2,10,14);2*1H2/b12-11+;;. The first-order valence-corrected chi connectivity index (χ1v) is 4.13. The van der Waals surface area contributed by atoms with E-state index >= 15 is 0 Å². The predicted octanol–water partition coefficient (Wildman–Crippen LogP) is -1.68. The van der Waals surface area contributed by atoms with Crippen LogP contribution in [0, 0.1) is 0 Å². The van der Waals surface area contributed by atoms with Gasteiger partial charge in [-0.2, -0.15) is 10.2 Å². The van der Waals surface area contributed by atoms with Crippen molar-refractivity contribution in [2.75, 3.05) is 0 Å². The molecule has 96 valence electrons. The van der Waals surface area contributed by atoms with Crippen LogP contribution < -0.4 is 11.5 Å². The van der Waals surface area contributed by atoms with Crippen molar-refractivity contribution >= 4 is 11.8 Å². The Bertz CT molecular complexity index is 258. The zero-order chi connectivity index (χ0) is 11.6. The summed E-state index contributed by atoms with van der Waals surface area (Å²) in [4.78, 5) is 21.7. The number of amides is 2. The highest BCUT2D eigenvalue weighted by Gasteiger charge is 2.29. The monoisotopic (exact) mass is 236 g/mol. The largest absolute Gasteiger partial charge is 0.412 e. The molecule has 8 nitrogen and oxygen atoms in total. The summed E-state index contributed by atoms with van der Waals surface area (Å²) in [6, 6.07) is 0. The van der Waals surface area contributed by atoms with Gasteiger partial charge in [0.25, 0.3) is 0 Å². The van der Waals surface area contributed by atoms with Gasteiger partial charge < -0.3 is 22.4 Å². The van der Waals surface area contributed by atoms with Crippen molar-refractivity contribution in [3.63, 3.8) is 0 Å². The van der Waals surface area contributed by atoms with E-state index in [4.69, 9.17) is 11.5 Å². The van der Waals surface area contributed by atoms with Crippen molar-refractivity contribution in [3.05, 3.63) is 0 Å². The summed E-state index contributed by atoms with van der Waals surface area (Å²) in [5.41, 5.74) is 7.90. The number of hydrogen-bond donors (Lipinski definition) is 2. The van der Waals surface area contributed by atoms with Gasteiger partial charge in [0.2, 0.25) is 11.8 Å². The van der Waals surface area contributed by atoms with Crippen molar-refractivity contribution in [2.24, 2.45) is 21.7 Å². The Labute approximate surface area is 93.7 Å². The molecule has 8 N–H and O–H groups in total. The number of hydrogen-bond acceptors (Lipinski definition) is 4. The van der Waals surface area contributed by atoms with E-state index in [0.717, 1.165) is 0 Å². The quantitative estimate of drug-likeness (QED) is 0.555. The molecule has 0 bridgehead atoms. The van der Waals surface area contributed by atoms with Crippen molar-refractivity contribution in [2.45, 2.75) is 38.8 Å². The van der Waals surface area contributed by atoms with Gasteiger partial charge in [-0.15, -0.1) is 0 Å². The summed E-state index contributed by atoms with van der Waals surface area (Å²) >= 11 is 0. The van der Waals surface area contributed by atoms with Gasteiger partial charge in [0.15, 0.2) is 11.1 Å². The summed E-state index contributed by atoms with van der Waals surface area (Å²) in [5.74, 6) is -1.22. The molecule has 0 aromatic rings. The van der Waals surface area contributed by atoms with Gasteiger partial charge in [-0.3, -0.25) is 9.59 Å². The second-order valence-corrected chi connectivity index (χ2v) is 4.05. The van der Waals surface area contributed by atoms with Crippen LogP contribution in [0.4, 0.5) is 0 Å². The first-order valence-electron chi connectivity index (χ1n) is 4.13. The van der Waals surface area contributed by atoms with Crippen LogP contribution in [0.3, 0.4) is 0 Å². The van der Waals surface area contributed by atoms with E-state index in [-0.39, 0.29) is 11.0 Å². The Hall–Kier alpha value is -1.54. The van der Waals surface area contributed by atoms with Crippen LogP contribution in [0.2, 0.25) is 0 Å². The number of carbonyl (C=O) groups excluding carboxylic acids is 2. The van der Waals surface area contributed by atoms with Crippen LogP contribution in [-0.4, -0.2) is 33.8 Å². The summed E-state index contributed by atoms with van der Waals surface area (Å²) in [6.45, 7) is 6.04. The number of nitrogens with two attached hydrogens (primary N) is 2. The third kappa shape index (κ3) is 5.37. The maximum Gasteiger partial charge on any atom is 0.246 e. The van der Waals surface area contributed by atoms with E-state index in [0.29, 0.717) is 0 Å². The van der Waals surface area contributed by atoms with Gasteiger partial charge in [-0.25, -0.2) is 0 Å². The van der Waals surface area contributed by atoms with E-state index in [2.05, 4.69) is 10.2 Å². The molecule has 0 aromatic heterocycles. The molecule has 0 saturated carbocycles. The fourth-order valence-corrected chi connectivity index (χ4v) is 0.349. The molecule has 0 atom stereocenters. The molecule has 0 unspecified atom stereocenters. The second-order valence-electron chi connectivity index (χ2n) is 4.05. The predicted molar refractivity (Wildman–Crippen MR) is 58.6 cm³/mol. The lowest BCUT2D eigenvalue weighted by molar-refractivity contribution is -0.124. The Morgan fingerprint density at radius 2 is 1.00 bits per heavy atom. The smallest absolute Gasteiger partial charge is 0.246 e. The highest BCUT2D eigenvalue weighted by molar-refractivity contribution is 5.84. The Balaban J connectivity index is -0.000000845. The average molecular weight is 236 g/mol. The van der Waals surface area contributed by atoms with Crippen molar-refractivity contribution in [1.82, 2.24) is 0 Å². The minimum atomic E-state index is -1.12. The maximum atomic E-state index is 10.9. The zero-order valence-electron chi connectivity index (χ0n) is 9.87. The SMILES string of the molecule is CC(C)(/N=N/C(C)(C)C(N)=O)C(N)=O.O.O. The van der Waals surface area contributed by atoms with Gasteiger partial charge in [0, 0.05) is 0 Å². The molecule has 0 heterocycles. The highest BCUT2D eigenvalue weighted by atomic mass is 16.2. The number of nitrogens with zero attached hydrogens (tertiary/aromatic N) is 2. The van der Waals surface area contributed by atoms with Crippen LogP contribution >= 0.6 is 0 Å². The Morgan fingerprint density at radius 1 is 0.812 bits per heavy atom. The third-order valence-electron chi connectivity index (χ3n) is 1.76. The van der Waals surface area contributed by atoms with Crippen molar-refractivity contribution in [1.29, 1.82) is 0 Å². The molecule has 16 heavy (non-hydrogen) atoms. The zero-order valence-corrected chi connectivity index (χ0v) is 9.87. The second kappa shape index (κ2) is 6.13. The molecule has 0 aliphatic rings. The lowest BCUT2D eigenvalue weighted by atomic mass is 10.1. The highest BCUT2D eigenvalue weighted by Crippen LogP contribution is 2.14. The molecule has 2 amide bonds. The molecular formula is C8H20N4O4. The molecule has 0 fully saturated rings. The third-order valence-corrected chi connectivity index (χ3v) is 1.76. The van der Waals surface area contributed by atoms with Crippen LogP contribution in [0.1, 0.15) is 27.7 Å². The maximum absolute atomic E-state index is 10.9. The molecule has 8 heteroatoms. The van der Waals surface area contributed by atoms with Crippen LogP contribution in [0.25, 0.3) is 0 Å². The van der Waals surface area contributed by atoms with E-state index in [1.54, 1.807) is 0 Å². The van der Waals surface area contributed by atoms with Gasteiger partial charge in [0.1, 0.15) is 0 Å². The van der Waals surface area contributed by atoms with Crippen LogP contribution in [0.15, 0.2) is 10.2 Å². The van der Waals surface area contributed by atoms with E-state index in [9.17, 15) is 9.59 Å². The van der Waals surface area contributed by atoms with Crippen molar-refractivity contribution in [3.8, 4) is 0 Å². The van der Waals surface area contributed by atoms with E-state index < -0.39 is 22.9 Å². The fraction of sp³-hybridized carbons (Fsp3) is 0.750. The van der Waals surface area contributed by atoms with E-state index in [1.807, 2.05) is 0 Å². The molecule has 0 aromatic carbocycles. The van der Waals surface area contributed by atoms with Gasteiger partial charge >= 0.3 is 0 Å². The molecule has 0 spiro atoms. The Morgan fingerprint density at radius 3 is 1.12 bits per heavy atom. The molecule has 0 radical (unpaired) electrons. The molecule has 0 aliphatic heterocycles. The number of rotatable bonds is 4. The fourth-order valence-electron chi connectivity index (χ4n) is 0.349. The van der Waals surface area contributed by atoms with Gasteiger partial charge in [-0.1, -0.05) is 0 Å². The molecular weight excluding hydrogens is 216 g/mol. The first kappa shape index (κ1) is 19.9. The summed E-state index contributed by atoms with van der Waals surface area (Å²) in [7, 11) is 0. The number of primary amides is 2. The molecule has 0 aliphatic carbocycles. The number of carbonyl (C=O) groups is 2. The first-order chi connectivity index (χ1) is 6.09. The lowest BCUT2D eigenvalue weighted by Gasteiger charge is -2.17. The summed E-state index contributed by atoms with van der Waals surface area (Å²) < 4.78 is 0. The average Bonchev–Trinajstić information content (AvgIpc) is 2.01. The Kier molecular flexibility index (Phi) is 7.65. The normalized spacial score (nSPS) is 11.5. The summed E-state index contributed by atoms with van der Waals surface area (Å²) in [6.07, 6.45) is 0. The van der Waals surface area contributed by atoms with Crippen molar-refractivity contribution < 1.29 is 20.5 Å². The minimum Gasteiger partial charge on any atom is -0.412 e. The van der Waals surface area contributed by atoms with Gasteiger partial charge in [0.05, 0.1) is 0 Å². The minimum absolute atomic E-state index is 0. The molecule has 0 rings (SSSR count). The number of azo groups is 1. The van der Waals surface area contributed by atoms with Crippen LogP contribution in [0.5, 0.6) is 0 Å². The van der Waals surface area contributed by atoms with Gasteiger partial charge in [-0.05, 0) is 27.7 Å². The van der Waals surface area contributed by atoms with E-state index in [1.165, 1.54) is 27.7 Å². The van der Waals surface area contributed by atoms with Crippen LogP contribution in [-0.2, 0) is 9.59 Å². The molecule has 0 saturated heterocycles.